The van der Waals surface area contributed by atoms with Gasteiger partial charge in [-0.25, -0.2) is 0 Å². The topological polar surface area (TPSA) is 70.7 Å². The molecule has 0 spiro atoms. The fourth-order valence-electron chi connectivity index (χ4n) is 3.41. The van der Waals surface area contributed by atoms with Gasteiger partial charge in [0.2, 0.25) is 6.79 Å². The minimum Gasteiger partial charge on any atom is -0.454 e. The molecule has 2 aromatic rings. The number of nitriles is 1. The monoisotopic (exact) mass is 352 g/mol. The van der Waals surface area contributed by atoms with Gasteiger partial charge in [0.1, 0.15) is 11.8 Å². The van der Waals surface area contributed by atoms with Gasteiger partial charge in [-0.05, 0) is 24.7 Å². The number of aromatic nitrogens is 1. The van der Waals surface area contributed by atoms with E-state index < -0.39 is 0 Å². The van der Waals surface area contributed by atoms with Crippen molar-refractivity contribution < 1.29 is 14.3 Å². The largest absolute Gasteiger partial charge is 0.454 e. The van der Waals surface area contributed by atoms with Gasteiger partial charge in [-0.15, -0.1) is 0 Å². The van der Waals surface area contributed by atoms with E-state index in [4.69, 9.17) is 9.47 Å². The van der Waals surface area contributed by atoms with Crippen molar-refractivity contribution in [1.29, 1.82) is 5.26 Å². The van der Waals surface area contributed by atoms with Gasteiger partial charge in [-0.3, -0.25) is 4.79 Å². The zero-order chi connectivity index (χ0) is 18.1. The Morgan fingerprint density at radius 3 is 2.65 bits per heavy atom. The number of likely N-dealkylation sites (N-methyl/N-ethyl adjacent to an activating group) is 1. The molecule has 0 bridgehead atoms. The first-order valence-corrected chi connectivity index (χ1v) is 8.74. The first-order chi connectivity index (χ1) is 12.7. The summed E-state index contributed by atoms with van der Waals surface area (Å²) in [6, 6.07) is 9.33. The maximum absolute atomic E-state index is 13.1. The molecule has 0 aliphatic carbocycles. The third kappa shape index (κ3) is 2.78. The quantitative estimate of drug-likeness (QED) is 0.843. The van der Waals surface area contributed by atoms with E-state index >= 15 is 0 Å². The normalized spacial score (nSPS) is 16.5. The molecule has 4 rings (SSSR count). The molecule has 26 heavy (non-hydrogen) atoms. The molecular weight excluding hydrogens is 332 g/mol. The number of carbonyl (C=O) groups is 1. The zero-order valence-corrected chi connectivity index (χ0v) is 14.6. The first kappa shape index (κ1) is 16.5. The van der Waals surface area contributed by atoms with E-state index in [1.807, 2.05) is 23.1 Å². The Balaban J connectivity index is 1.67. The van der Waals surface area contributed by atoms with Crippen molar-refractivity contribution in [2.75, 3.05) is 39.5 Å². The highest BCUT2D eigenvalue weighted by Gasteiger charge is 2.27. The van der Waals surface area contributed by atoms with Crippen molar-refractivity contribution in [3.63, 3.8) is 0 Å². The molecular formula is C19H20N4O3. The van der Waals surface area contributed by atoms with E-state index in [0.717, 1.165) is 25.3 Å². The number of ether oxygens (including phenoxy) is 2. The molecule has 0 N–H and O–H groups in total. The summed E-state index contributed by atoms with van der Waals surface area (Å²) in [5, 5.41) is 9.47. The molecule has 2 aliphatic heterocycles. The van der Waals surface area contributed by atoms with Crippen LogP contribution in [0.25, 0.3) is 5.69 Å². The summed E-state index contributed by atoms with van der Waals surface area (Å²) >= 11 is 0. The SMILES string of the molecule is CCN1CCN(C(=O)c2c(C#N)ccn2-c2ccc3c(c2)OCO3)CC1. The van der Waals surface area contributed by atoms with Crippen LogP contribution in [0.1, 0.15) is 23.0 Å². The Hall–Kier alpha value is -2.98. The van der Waals surface area contributed by atoms with Gasteiger partial charge in [0.05, 0.1) is 5.56 Å². The summed E-state index contributed by atoms with van der Waals surface area (Å²) in [7, 11) is 0. The molecule has 0 radical (unpaired) electrons. The van der Waals surface area contributed by atoms with Crippen LogP contribution in [0.2, 0.25) is 0 Å². The Bertz CT molecular complexity index is 875. The molecule has 0 atom stereocenters. The lowest BCUT2D eigenvalue weighted by molar-refractivity contribution is 0.0635. The smallest absolute Gasteiger partial charge is 0.272 e. The molecule has 0 saturated carbocycles. The highest BCUT2D eigenvalue weighted by molar-refractivity contribution is 5.96. The van der Waals surface area contributed by atoms with Gasteiger partial charge in [-0.2, -0.15) is 5.26 Å². The van der Waals surface area contributed by atoms with Crippen molar-refractivity contribution in [3.05, 3.63) is 41.7 Å². The Labute approximate surface area is 151 Å². The summed E-state index contributed by atoms with van der Waals surface area (Å²) < 4.78 is 12.5. The summed E-state index contributed by atoms with van der Waals surface area (Å²) in [6.07, 6.45) is 1.76. The lowest BCUT2D eigenvalue weighted by Crippen LogP contribution is -2.48. The predicted octanol–water partition coefficient (Wildman–Crippen LogP) is 1.86. The Kier molecular flexibility index (Phi) is 4.27. The van der Waals surface area contributed by atoms with E-state index in [1.165, 1.54) is 0 Å². The molecule has 1 saturated heterocycles. The summed E-state index contributed by atoms with van der Waals surface area (Å²) in [4.78, 5) is 17.3. The van der Waals surface area contributed by atoms with Crippen molar-refractivity contribution in [2.45, 2.75) is 6.92 Å². The molecule has 0 unspecified atom stereocenters. The second kappa shape index (κ2) is 6.73. The number of nitrogens with zero attached hydrogens (tertiary/aromatic N) is 4. The number of benzene rings is 1. The number of piperazine rings is 1. The van der Waals surface area contributed by atoms with Gasteiger partial charge < -0.3 is 23.8 Å². The van der Waals surface area contributed by atoms with Gasteiger partial charge in [0.25, 0.3) is 5.91 Å². The van der Waals surface area contributed by atoms with E-state index in [-0.39, 0.29) is 12.7 Å². The van der Waals surface area contributed by atoms with Crippen molar-refractivity contribution >= 4 is 5.91 Å². The van der Waals surface area contributed by atoms with Crippen LogP contribution in [-0.2, 0) is 0 Å². The minimum atomic E-state index is -0.111. The van der Waals surface area contributed by atoms with Crippen LogP contribution in [0, 0.1) is 11.3 Å². The van der Waals surface area contributed by atoms with Crippen LogP contribution >= 0.6 is 0 Å². The molecule has 1 fully saturated rings. The third-order valence-corrected chi connectivity index (χ3v) is 4.95. The van der Waals surface area contributed by atoms with Crippen LogP contribution in [0.3, 0.4) is 0 Å². The maximum atomic E-state index is 13.1. The number of hydrogen-bond donors (Lipinski definition) is 0. The second-order valence-corrected chi connectivity index (χ2v) is 6.32. The van der Waals surface area contributed by atoms with Crippen LogP contribution in [0.15, 0.2) is 30.5 Å². The first-order valence-electron chi connectivity index (χ1n) is 8.74. The average molecular weight is 352 g/mol. The predicted molar refractivity (Wildman–Crippen MR) is 94.6 cm³/mol. The number of amides is 1. The fraction of sp³-hybridized carbons (Fsp3) is 0.368. The standard InChI is InChI=1S/C19H20N4O3/c1-2-21-7-9-22(10-8-21)19(24)18-14(12-20)5-6-23(18)15-3-4-16-17(11-15)26-13-25-16/h3-6,11H,2,7-10,13H2,1H3. The van der Waals surface area contributed by atoms with Crippen LogP contribution in [0.5, 0.6) is 11.5 Å². The molecule has 134 valence electrons. The lowest BCUT2D eigenvalue weighted by atomic mass is 10.2. The second-order valence-electron chi connectivity index (χ2n) is 6.32. The zero-order valence-electron chi connectivity index (χ0n) is 14.6. The van der Waals surface area contributed by atoms with E-state index in [0.29, 0.717) is 35.8 Å². The van der Waals surface area contributed by atoms with E-state index in [1.54, 1.807) is 16.8 Å². The fourth-order valence-corrected chi connectivity index (χ4v) is 3.41. The van der Waals surface area contributed by atoms with Crippen LogP contribution in [0.4, 0.5) is 0 Å². The lowest BCUT2D eigenvalue weighted by Gasteiger charge is -2.34. The van der Waals surface area contributed by atoms with Gasteiger partial charge >= 0.3 is 0 Å². The summed E-state index contributed by atoms with van der Waals surface area (Å²) in [6.45, 7) is 6.36. The molecule has 7 heteroatoms. The van der Waals surface area contributed by atoms with E-state index in [9.17, 15) is 10.1 Å². The van der Waals surface area contributed by atoms with Crippen molar-refractivity contribution in [3.8, 4) is 23.3 Å². The maximum Gasteiger partial charge on any atom is 0.272 e. The van der Waals surface area contributed by atoms with Gasteiger partial charge in [-0.1, -0.05) is 6.92 Å². The van der Waals surface area contributed by atoms with Gasteiger partial charge in [0, 0.05) is 44.1 Å². The minimum absolute atomic E-state index is 0.111. The van der Waals surface area contributed by atoms with Gasteiger partial charge in [0.15, 0.2) is 11.5 Å². The number of carbonyl (C=O) groups excluding carboxylic acids is 1. The Morgan fingerprint density at radius 2 is 1.92 bits per heavy atom. The summed E-state index contributed by atoms with van der Waals surface area (Å²) in [5.74, 6) is 1.22. The number of rotatable bonds is 3. The molecule has 7 nitrogen and oxygen atoms in total. The van der Waals surface area contributed by atoms with Crippen molar-refractivity contribution in [1.82, 2.24) is 14.4 Å². The van der Waals surface area contributed by atoms with Crippen LogP contribution in [-0.4, -0.2) is 59.8 Å². The molecule has 3 heterocycles. The molecule has 1 amide bonds. The number of hydrogen-bond acceptors (Lipinski definition) is 5. The summed E-state index contributed by atoms with van der Waals surface area (Å²) in [5.41, 5.74) is 1.55. The molecule has 2 aliphatic rings. The highest BCUT2D eigenvalue weighted by atomic mass is 16.7. The Morgan fingerprint density at radius 1 is 1.15 bits per heavy atom. The third-order valence-electron chi connectivity index (χ3n) is 4.95. The number of fused-ring (bicyclic) bond motifs is 1. The molecule has 1 aromatic carbocycles. The van der Waals surface area contributed by atoms with E-state index in [2.05, 4.69) is 17.9 Å². The molecule has 1 aromatic heterocycles. The van der Waals surface area contributed by atoms with Crippen LogP contribution < -0.4 is 9.47 Å². The average Bonchev–Trinajstić information content (AvgIpc) is 3.33. The van der Waals surface area contributed by atoms with Crippen molar-refractivity contribution in [2.24, 2.45) is 0 Å². The highest BCUT2D eigenvalue weighted by Crippen LogP contribution is 2.34.